The molecule has 1 heterocycles. The van der Waals surface area contributed by atoms with Gasteiger partial charge in [-0.1, -0.05) is 19.1 Å². The third-order valence-electron chi connectivity index (χ3n) is 4.34. The lowest BCUT2D eigenvalue weighted by Gasteiger charge is -2.24. The highest BCUT2D eigenvalue weighted by molar-refractivity contribution is 5.80. The first kappa shape index (κ1) is 16.8. The van der Waals surface area contributed by atoms with E-state index in [0.29, 0.717) is 13.2 Å². The van der Waals surface area contributed by atoms with E-state index in [1.54, 1.807) is 14.0 Å². The van der Waals surface area contributed by atoms with Crippen LogP contribution in [0, 0.1) is 5.41 Å². The van der Waals surface area contributed by atoms with Crippen molar-refractivity contribution in [2.75, 3.05) is 26.7 Å². The van der Waals surface area contributed by atoms with Crippen molar-refractivity contribution in [1.82, 2.24) is 4.90 Å². The van der Waals surface area contributed by atoms with Crippen molar-refractivity contribution in [2.24, 2.45) is 11.1 Å². The molecule has 1 saturated heterocycles. The van der Waals surface area contributed by atoms with Crippen molar-refractivity contribution in [3.63, 3.8) is 0 Å². The van der Waals surface area contributed by atoms with Crippen LogP contribution in [0.25, 0.3) is 0 Å². The van der Waals surface area contributed by atoms with E-state index in [1.165, 1.54) is 0 Å². The maximum atomic E-state index is 12.4. The highest BCUT2D eigenvalue weighted by Crippen LogP contribution is 2.29. The molecule has 5 nitrogen and oxygen atoms in total. The highest BCUT2D eigenvalue weighted by atomic mass is 16.5. The van der Waals surface area contributed by atoms with Gasteiger partial charge in [-0.3, -0.25) is 4.79 Å². The number of carbonyl (C=O) groups excluding carboxylic acids is 1. The molecule has 2 unspecified atom stereocenters. The molecule has 1 aliphatic rings. The maximum Gasteiger partial charge on any atom is 0.251 e. The lowest BCUT2D eigenvalue weighted by Crippen LogP contribution is -2.40. The first-order chi connectivity index (χ1) is 10.5. The van der Waals surface area contributed by atoms with E-state index >= 15 is 0 Å². The summed E-state index contributed by atoms with van der Waals surface area (Å²) in [7, 11) is 1.63. The molecule has 0 spiro atoms. The van der Waals surface area contributed by atoms with Gasteiger partial charge >= 0.3 is 0 Å². The van der Waals surface area contributed by atoms with E-state index in [0.717, 1.165) is 30.8 Å². The predicted molar refractivity (Wildman–Crippen MR) is 85.6 cm³/mol. The second-order valence-electron chi connectivity index (χ2n) is 6.33. The van der Waals surface area contributed by atoms with E-state index < -0.39 is 6.10 Å². The molecule has 1 aliphatic heterocycles. The molecule has 122 valence electrons. The fourth-order valence-electron chi connectivity index (χ4n) is 2.69. The van der Waals surface area contributed by atoms with Gasteiger partial charge in [-0.2, -0.15) is 0 Å². The molecule has 2 rings (SSSR count). The molecule has 5 heteroatoms. The Hall–Kier alpha value is -1.59. The number of benzene rings is 1. The Bertz CT molecular complexity index is 520. The van der Waals surface area contributed by atoms with Crippen molar-refractivity contribution < 1.29 is 14.3 Å². The number of amides is 1. The summed E-state index contributed by atoms with van der Waals surface area (Å²) in [5.41, 5.74) is 6.82. The second kappa shape index (κ2) is 7.11. The van der Waals surface area contributed by atoms with Gasteiger partial charge in [0.2, 0.25) is 0 Å². The van der Waals surface area contributed by atoms with Crippen LogP contribution < -0.4 is 10.5 Å². The lowest BCUT2D eigenvalue weighted by atomic mass is 9.90. The van der Waals surface area contributed by atoms with Gasteiger partial charge in [0.25, 0.3) is 5.91 Å². The Balaban J connectivity index is 1.86. The summed E-state index contributed by atoms with van der Waals surface area (Å²) < 4.78 is 10.9. The van der Waals surface area contributed by atoms with Crippen molar-refractivity contribution in [2.45, 2.75) is 33.0 Å². The molecule has 1 aromatic carbocycles. The lowest BCUT2D eigenvalue weighted by molar-refractivity contribution is -0.142. The van der Waals surface area contributed by atoms with Gasteiger partial charge in [-0.15, -0.1) is 0 Å². The molecule has 1 amide bonds. The average Bonchev–Trinajstić information content (AvgIpc) is 2.95. The number of nitrogens with zero attached hydrogens (tertiary/aromatic N) is 1. The zero-order chi connectivity index (χ0) is 16.2. The Kier molecular flexibility index (Phi) is 5.42. The number of likely N-dealkylation sites (tertiary alicyclic amines) is 1. The number of methoxy groups -OCH3 is 1. The number of nitrogens with two attached hydrogens (primary N) is 1. The van der Waals surface area contributed by atoms with Crippen LogP contribution in [0.1, 0.15) is 25.8 Å². The third kappa shape index (κ3) is 3.99. The van der Waals surface area contributed by atoms with Gasteiger partial charge in [0, 0.05) is 13.1 Å². The second-order valence-corrected chi connectivity index (χ2v) is 6.33. The summed E-state index contributed by atoms with van der Waals surface area (Å²) in [5.74, 6) is 0.832. The fourth-order valence-corrected chi connectivity index (χ4v) is 2.69. The molecule has 2 atom stereocenters. The van der Waals surface area contributed by atoms with Gasteiger partial charge in [0.15, 0.2) is 0 Å². The summed E-state index contributed by atoms with van der Waals surface area (Å²) in [6.07, 6.45) is 0.504. The number of carbonyl (C=O) groups is 1. The van der Waals surface area contributed by atoms with Gasteiger partial charge in [0.1, 0.15) is 11.9 Å². The minimum atomic E-state index is -0.452. The Morgan fingerprint density at radius 2 is 2.27 bits per heavy atom. The zero-order valence-electron chi connectivity index (χ0n) is 13.7. The fraction of sp³-hybridized carbons (Fsp3) is 0.588. The zero-order valence-corrected chi connectivity index (χ0v) is 13.7. The number of ether oxygens (including phenoxy) is 2. The SMILES string of the molecule is COc1cccc(COC(C)C(=O)N2CCC(C)(CN)C2)c1. The van der Waals surface area contributed by atoms with Crippen molar-refractivity contribution in [3.05, 3.63) is 29.8 Å². The standard InChI is InChI=1S/C17H26N2O3/c1-13(16(20)19-8-7-17(2,11-18)12-19)22-10-14-5-4-6-15(9-14)21-3/h4-6,9,13H,7-8,10-12,18H2,1-3H3. The van der Waals surface area contributed by atoms with Crippen LogP contribution in [0.2, 0.25) is 0 Å². The van der Waals surface area contributed by atoms with Crippen molar-refractivity contribution in [1.29, 1.82) is 0 Å². The molecular formula is C17H26N2O3. The van der Waals surface area contributed by atoms with Crippen LogP contribution in [-0.2, 0) is 16.1 Å². The van der Waals surface area contributed by atoms with Crippen molar-refractivity contribution >= 4 is 5.91 Å². The topological polar surface area (TPSA) is 64.8 Å². The summed E-state index contributed by atoms with van der Waals surface area (Å²) in [5, 5.41) is 0. The van der Waals surface area contributed by atoms with Gasteiger partial charge in [0.05, 0.1) is 13.7 Å². The molecule has 1 fully saturated rings. The first-order valence-electron chi connectivity index (χ1n) is 7.71. The largest absolute Gasteiger partial charge is 0.497 e. The number of hydrogen-bond donors (Lipinski definition) is 1. The first-order valence-corrected chi connectivity index (χ1v) is 7.71. The van der Waals surface area contributed by atoms with E-state index in [9.17, 15) is 4.79 Å². The molecule has 0 aromatic heterocycles. The van der Waals surface area contributed by atoms with E-state index in [-0.39, 0.29) is 11.3 Å². The van der Waals surface area contributed by atoms with E-state index in [1.807, 2.05) is 29.2 Å². The predicted octanol–water partition coefficient (Wildman–Crippen LogP) is 1.80. The molecule has 22 heavy (non-hydrogen) atoms. The van der Waals surface area contributed by atoms with Gasteiger partial charge in [-0.25, -0.2) is 0 Å². The van der Waals surface area contributed by atoms with Crippen LogP contribution in [0.15, 0.2) is 24.3 Å². The Morgan fingerprint density at radius 3 is 2.91 bits per heavy atom. The molecule has 2 N–H and O–H groups in total. The quantitative estimate of drug-likeness (QED) is 0.870. The number of rotatable bonds is 6. The van der Waals surface area contributed by atoms with Crippen LogP contribution in [0.3, 0.4) is 0 Å². The maximum absolute atomic E-state index is 12.4. The Labute approximate surface area is 132 Å². The smallest absolute Gasteiger partial charge is 0.251 e. The van der Waals surface area contributed by atoms with Crippen LogP contribution in [0.5, 0.6) is 5.75 Å². The molecule has 0 aliphatic carbocycles. The summed E-state index contributed by atoms with van der Waals surface area (Å²) in [6.45, 7) is 6.42. The molecule has 0 saturated carbocycles. The Morgan fingerprint density at radius 1 is 1.50 bits per heavy atom. The van der Waals surface area contributed by atoms with Crippen LogP contribution >= 0.6 is 0 Å². The molecular weight excluding hydrogens is 280 g/mol. The third-order valence-corrected chi connectivity index (χ3v) is 4.34. The van der Waals surface area contributed by atoms with Crippen LogP contribution in [0.4, 0.5) is 0 Å². The van der Waals surface area contributed by atoms with Gasteiger partial charge < -0.3 is 20.1 Å². The highest BCUT2D eigenvalue weighted by Gasteiger charge is 2.36. The minimum Gasteiger partial charge on any atom is -0.497 e. The summed E-state index contributed by atoms with van der Waals surface area (Å²) in [6, 6.07) is 7.67. The summed E-state index contributed by atoms with van der Waals surface area (Å²) in [4.78, 5) is 14.3. The number of hydrogen-bond acceptors (Lipinski definition) is 4. The van der Waals surface area contributed by atoms with E-state index in [2.05, 4.69) is 6.92 Å². The van der Waals surface area contributed by atoms with Gasteiger partial charge in [-0.05, 0) is 43.0 Å². The summed E-state index contributed by atoms with van der Waals surface area (Å²) >= 11 is 0. The molecule has 0 bridgehead atoms. The molecule has 0 radical (unpaired) electrons. The molecule has 1 aromatic rings. The normalized spacial score (nSPS) is 22.6. The van der Waals surface area contributed by atoms with E-state index in [4.69, 9.17) is 15.2 Å². The minimum absolute atomic E-state index is 0.0417. The van der Waals surface area contributed by atoms with Crippen molar-refractivity contribution in [3.8, 4) is 5.75 Å². The van der Waals surface area contributed by atoms with Crippen LogP contribution in [-0.4, -0.2) is 43.7 Å². The monoisotopic (exact) mass is 306 g/mol. The average molecular weight is 306 g/mol.